The number of hydrogen-bond donors (Lipinski definition) is 0. The molecule has 0 nitrogen and oxygen atoms in total. The molecule has 0 heterocycles. The SMILES string of the molecule is CCCCCCCCC1CCC(c2ccc(S(F)(F)(F)(F)F)cc2)CC1. The fourth-order valence-corrected chi connectivity index (χ4v) is 4.65. The van der Waals surface area contributed by atoms with E-state index in [-0.39, 0.29) is 5.92 Å². The molecule has 0 N–H and O–H groups in total. The normalized spacial score (nSPS) is 24.1. The summed E-state index contributed by atoms with van der Waals surface area (Å²) >= 11 is 0. The first kappa shape index (κ1) is 21.5. The van der Waals surface area contributed by atoms with E-state index in [9.17, 15) is 19.4 Å². The average molecular weight is 399 g/mol. The Balaban J connectivity index is 1.78. The first-order valence-electron chi connectivity index (χ1n) is 9.83. The third kappa shape index (κ3) is 6.75. The molecule has 0 saturated heterocycles. The average Bonchev–Trinajstić information content (AvgIpc) is 2.57. The lowest BCUT2D eigenvalue weighted by atomic mass is 9.77. The fourth-order valence-electron chi connectivity index (χ4n) is 3.99. The molecule has 0 amide bonds. The summed E-state index contributed by atoms with van der Waals surface area (Å²) in [6.45, 7) is 2.21. The van der Waals surface area contributed by atoms with Crippen LogP contribution in [0.4, 0.5) is 19.4 Å². The Kier molecular flexibility index (Phi) is 6.36. The summed E-state index contributed by atoms with van der Waals surface area (Å²) in [7, 11) is -9.55. The third-order valence-corrected chi connectivity index (χ3v) is 6.77. The van der Waals surface area contributed by atoms with Crippen molar-refractivity contribution in [3.05, 3.63) is 29.8 Å². The topological polar surface area (TPSA) is 0 Å². The van der Waals surface area contributed by atoms with Crippen LogP contribution in [0.1, 0.15) is 89.0 Å². The lowest BCUT2D eigenvalue weighted by Gasteiger charge is -2.40. The molecule has 152 valence electrons. The van der Waals surface area contributed by atoms with E-state index < -0.39 is 15.1 Å². The van der Waals surface area contributed by atoms with Gasteiger partial charge >= 0.3 is 10.2 Å². The minimum atomic E-state index is -9.55. The smallest absolute Gasteiger partial charge is 0.0936 e. The highest BCUT2D eigenvalue weighted by Crippen LogP contribution is 3.02. The number of hydrogen-bond acceptors (Lipinski definition) is 0. The summed E-state index contributed by atoms with van der Waals surface area (Å²) in [5.74, 6) is 0.907. The Morgan fingerprint density at radius 1 is 0.769 bits per heavy atom. The van der Waals surface area contributed by atoms with Gasteiger partial charge in [0.1, 0.15) is 4.90 Å². The van der Waals surface area contributed by atoms with Crippen molar-refractivity contribution in [3.63, 3.8) is 0 Å². The zero-order valence-electron chi connectivity index (χ0n) is 15.5. The zero-order chi connectivity index (χ0) is 19.3. The monoisotopic (exact) mass is 398 g/mol. The van der Waals surface area contributed by atoms with Crippen LogP contribution in [0.3, 0.4) is 0 Å². The summed E-state index contributed by atoms with van der Waals surface area (Å²) in [5.41, 5.74) is 0.758. The lowest BCUT2D eigenvalue weighted by Crippen LogP contribution is -2.13. The van der Waals surface area contributed by atoms with Crippen molar-refractivity contribution in [2.24, 2.45) is 5.92 Å². The molecule has 1 fully saturated rings. The van der Waals surface area contributed by atoms with E-state index in [1.807, 2.05) is 0 Å². The molecule has 1 aromatic rings. The Morgan fingerprint density at radius 2 is 1.31 bits per heavy atom. The predicted octanol–water partition coefficient (Wildman–Crippen LogP) is 9.37. The van der Waals surface area contributed by atoms with Crippen LogP contribution in [-0.4, -0.2) is 0 Å². The van der Waals surface area contributed by atoms with Gasteiger partial charge in [-0.15, -0.1) is 0 Å². The van der Waals surface area contributed by atoms with Gasteiger partial charge in [-0.2, -0.15) is 0 Å². The van der Waals surface area contributed by atoms with Crippen LogP contribution in [0.2, 0.25) is 0 Å². The molecule has 0 aromatic heterocycles. The van der Waals surface area contributed by atoms with Crippen molar-refractivity contribution in [1.82, 2.24) is 0 Å². The molecular weight excluding hydrogens is 367 g/mol. The zero-order valence-corrected chi connectivity index (χ0v) is 16.4. The first-order chi connectivity index (χ1) is 12.0. The second-order valence-corrected chi connectivity index (χ2v) is 10.2. The summed E-state index contributed by atoms with van der Waals surface area (Å²) in [4.78, 5) is -1.79. The fraction of sp³-hybridized carbons (Fsp3) is 0.700. The third-order valence-electron chi connectivity index (χ3n) is 5.61. The second kappa shape index (κ2) is 7.69. The van der Waals surface area contributed by atoms with Gasteiger partial charge in [-0.25, -0.2) is 0 Å². The number of halogens is 5. The molecule has 0 bridgehead atoms. The molecule has 0 radical (unpaired) electrons. The highest BCUT2D eigenvalue weighted by molar-refractivity contribution is 8.45. The van der Waals surface area contributed by atoms with Crippen molar-refractivity contribution < 1.29 is 19.4 Å². The largest absolute Gasteiger partial charge is 0.310 e. The minimum absolute atomic E-state index is 0.198. The molecule has 26 heavy (non-hydrogen) atoms. The van der Waals surface area contributed by atoms with Crippen molar-refractivity contribution in [2.75, 3.05) is 0 Å². The van der Waals surface area contributed by atoms with Gasteiger partial charge in [0.2, 0.25) is 0 Å². The number of rotatable bonds is 9. The van der Waals surface area contributed by atoms with Gasteiger partial charge in [-0.3, -0.25) is 0 Å². The molecule has 1 aliphatic carbocycles. The summed E-state index contributed by atoms with van der Waals surface area (Å²) < 4.78 is 63.9. The van der Waals surface area contributed by atoms with E-state index in [0.717, 1.165) is 31.2 Å². The molecule has 1 saturated carbocycles. The van der Waals surface area contributed by atoms with Gasteiger partial charge in [0.25, 0.3) is 0 Å². The maximum atomic E-state index is 12.8. The Morgan fingerprint density at radius 3 is 1.85 bits per heavy atom. The van der Waals surface area contributed by atoms with Crippen molar-refractivity contribution in [2.45, 2.75) is 88.4 Å². The quantitative estimate of drug-likeness (QED) is 0.287. The highest BCUT2D eigenvalue weighted by Gasteiger charge is 2.65. The van der Waals surface area contributed by atoms with Crippen molar-refractivity contribution >= 4 is 10.2 Å². The van der Waals surface area contributed by atoms with Gasteiger partial charge in [-0.05, 0) is 55.2 Å². The minimum Gasteiger partial charge on any atom is -0.0936 e. The van der Waals surface area contributed by atoms with E-state index in [2.05, 4.69) is 6.92 Å². The van der Waals surface area contributed by atoms with Crippen LogP contribution in [-0.2, 0) is 0 Å². The maximum absolute atomic E-state index is 12.8. The molecule has 1 aliphatic rings. The van der Waals surface area contributed by atoms with Crippen molar-refractivity contribution in [3.8, 4) is 0 Å². The molecule has 0 atom stereocenters. The first-order valence-corrected chi connectivity index (χ1v) is 11.8. The van der Waals surface area contributed by atoms with E-state index in [4.69, 9.17) is 0 Å². The van der Waals surface area contributed by atoms with Crippen LogP contribution in [0.5, 0.6) is 0 Å². The molecule has 0 aliphatic heterocycles. The Bertz CT molecular complexity index is 556. The summed E-state index contributed by atoms with van der Waals surface area (Å²) in [6, 6.07) is 3.59. The lowest BCUT2D eigenvalue weighted by molar-refractivity contribution is 0.301. The van der Waals surface area contributed by atoms with Crippen LogP contribution < -0.4 is 0 Å². The molecule has 2 rings (SSSR count). The molecule has 0 unspecified atom stereocenters. The van der Waals surface area contributed by atoms with Crippen LogP contribution in [0, 0.1) is 5.92 Å². The van der Waals surface area contributed by atoms with Gasteiger partial charge in [0.15, 0.2) is 0 Å². The predicted molar refractivity (Wildman–Crippen MR) is 101 cm³/mol. The molecule has 1 aromatic carbocycles. The number of unbranched alkanes of at least 4 members (excludes halogenated alkanes) is 5. The maximum Gasteiger partial charge on any atom is 0.310 e. The standard InChI is InChI=1S/C20H31F5S/c1-2-3-4-5-6-7-8-17-9-11-18(12-10-17)19-13-15-20(16-14-19)26(21,22,23,24)25/h13-18H,2-12H2,1H3. The van der Waals surface area contributed by atoms with E-state index in [1.54, 1.807) is 0 Å². The van der Waals surface area contributed by atoms with Crippen LogP contribution >= 0.6 is 10.2 Å². The van der Waals surface area contributed by atoms with Crippen molar-refractivity contribution in [1.29, 1.82) is 0 Å². The van der Waals surface area contributed by atoms with Gasteiger partial charge < -0.3 is 0 Å². The molecule has 6 heteroatoms. The highest BCUT2D eigenvalue weighted by atomic mass is 32.5. The van der Waals surface area contributed by atoms with E-state index >= 15 is 0 Å². The van der Waals surface area contributed by atoms with Crippen LogP contribution in [0.15, 0.2) is 29.2 Å². The van der Waals surface area contributed by atoms with Crippen LogP contribution in [0.25, 0.3) is 0 Å². The van der Waals surface area contributed by atoms with Gasteiger partial charge in [-0.1, -0.05) is 83.4 Å². The van der Waals surface area contributed by atoms with E-state index in [0.29, 0.717) is 18.1 Å². The second-order valence-electron chi connectivity index (χ2n) is 7.81. The van der Waals surface area contributed by atoms with Gasteiger partial charge in [0, 0.05) is 0 Å². The molecule has 0 spiro atoms. The Labute approximate surface area is 154 Å². The number of benzene rings is 1. The Hall–Kier alpha value is -0.780. The summed E-state index contributed by atoms with van der Waals surface area (Å²) in [5, 5.41) is 0. The molecular formula is C20H31F5S. The van der Waals surface area contributed by atoms with Gasteiger partial charge in [0.05, 0.1) is 0 Å². The van der Waals surface area contributed by atoms with E-state index in [1.165, 1.54) is 57.1 Å². The summed E-state index contributed by atoms with van der Waals surface area (Å²) in [6.07, 6.45) is 13.0.